The van der Waals surface area contributed by atoms with Crippen molar-refractivity contribution in [2.45, 2.75) is 52.0 Å². The van der Waals surface area contributed by atoms with Crippen LogP contribution in [0.15, 0.2) is 42.5 Å². The van der Waals surface area contributed by atoms with Gasteiger partial charge in [-0.15, -0.1) is 10.2 Å². The maximum Gasteiger partial charge on any atom is 0.229 e. The van der Waals surface area contributed by atoms with Gasteiger partial charge in [-0.05, 0) is 55.2 Å². The van der Waals surface area contributed by atoms with Crippen LogP contribution in [-0.2, 0) is 29.0 Å². The van der Waals surface area contributed by atoms with Crippen LogP contribution in [-0.4, -0.2) is 33.1 Å². The van der Waals surface area contributed by atoms with Crippen LogP contribution in [0.2, 0.25) is 0 Å². The number of halogens is 1. The molecule has 3 aromatic rings. The second kappa shape index (κ2) is 9.37. The molecule has 0 radical (unpaired) electrons. The number of nitrogens with one attached hydrogen (secondary N) is 1. The summed E-state index contributed by atoms with van der Waals surface area (Å²) in [5.41, 5.74) is 2.76. The van der Waals surface area contributed by atoms with Crippen LogP contribution in [0.25, 0.3) is 11.4 Å². The molecule has 1 saturated heterocycles. The van der Waals surface area contributed by atoms with Crippen molar-refractivity contribution in [3.05, 3.63) is 59.7 Å². The normalized spacial score (nSPS) is 18.0. The molecule has 8 heteroatoms. The lowest BCUT2D eigenvalue weighted by atomic mass is 10.1. The Balaban J connectivity index is 1.32. The number of hydrogen-bond acceptors (Lipinski definition) is 4. The largest absolute Gasteiger partial charge is 0.323 e. The SMILES string of the molecule is CCc1ccc(N2CC(C(=O)Nc3cc(-c4nnc5n4CCCCC5)ccc3F)CC2=O)cc1. The van der Waals surface area contributed by atoms with Crippen LogP contribution in [0.1, 0.15) is 44.0 Å². The number of carbonyl (C=O) groups excluding carboxylic acids is 2. The topological polar surface area (TPSA) is 80.1 Å². The van der Waals surface area contributed by atoms with Crippen molar-refractivity contribution in [1.29, 1.82) is 0 Å². The Hall–Kier alpha value is -3.55. The molecule has 2 aliphatic heterocycles. The number of rotatable bonds is 5. The molecule has 34 heavy (non-hydrogen) atoms. The molecule has 5 rings (SSSR count). The molecule has 0 spiro atoms. The highest BCUT2D eigenvalue weighted by molar-refractivity contribution is 6.03. The molecular weight excluding hydrogens is 433 g/mol. The van der Waals surface area contributed by atoms with Gasteiger partial charge in [-0.25, -0.2) is 4.39 Å². The zero-order valence-electron chi connectivity index (χ0n) is 19.3. The van der Waals surface area contributed by atoms with Gasteiger partial charge in [0.15, 0.2) is 5.82 Å². The fourth-order valence-corrected chi connectivity index (χ4v) is 4.74. The van der Waals surface area contributed by atoms with Gasteiger partial charge in [0.25, 0.3) is 0 Å². The van der Waals surface area contributed by atoms with Gasteiger partial charge >= 0.3 is 0 Å². The van der Waals surface area contributed by atoms with Crippen LogP contribution in [0.3, 0.4) is 0 Å². The van der Waals surface area contributed by atoms with Gasteiger partial charge in [0, 0.05) is 37.2 Å². The summed E-state index contributed by atoms with van der Waals surface area (Å²) in [4.78, 5) is 27.2. The molecule has 0 aliphatic carbocycles. The third kappa shape index (κ3) is 4.32. The standard InChI is InChI=1S/C26H28FN5O2/c1-2-17-7-10-20(11-8-17)32-16-19(15-24(32)33)26(34)28-22-14-18(9-12-21(22)27)25-30-29-23-6-4-3-5-13-31(23)25/h7-12,14,19H,2-6,13,15-16H2,1H3,(H,28,34). The molecule has 1 aromatic heterocycles. The minimum absolute atomic E-state index is 0.0895. The Bertz CT molecular complexity index is 1220. The van der Waals surface area contributed by atoms with Gasteiger partial charge in [0.2, 0.25) is 11.8 Å². The summed E-state index contributed by atoms with van der Waals surface area (Å²) in [6.07, 6.45) is 5.18. The summed E-state index contributed by atoms with van der Waals surface area (Å²) >= 11 is 0. The fraction of sp³-hybridized carbons (Fsp3) is 0.385. The second-order valence-electron chi connectivity index (χ2n) is 9.01. The molecule has 3 heterocycles. The number of aryl methyl sites for hydroxylation is 2. The van der Waals surface area contributed by atoms with Crippen molar-refractivity contribution in [1.82, 2.24) is 14.8 Å². The Kier molecular flexibility index (Phi) is 6.13. The fourth-order valence-electron chi connectivity index (χ4n) is 4.74. The highest BCUT2D eigenvalue weighted by Gasteiger charge is 2.35. The van der Waals surface area contributed by atoms with E-state index in [1.54, 1.807) is 17.0 Å². The van der Waals surface area contributed by atoms with Crippen molar-refractivity contribution >= 4 is 23.2 Å². The van der Waals surface area contributed by atoms with Gasteiger partial charge in [0.05, 0.1) is 11.6 Å². The van der Waals surface area contributed by atoms with Crippen molar-refractivity contribution in [3.8, 4) is 11.4 Å². The molecular formula is C26H28FN5O2. The van der Waals surface area contributed by atoms with Crippen molar-refractivity contribution in [2.24, 2.45) is 5.92 Å². The maximum atomic E-state index is 14.6. The monoisotopic (exact) mass is 461 g/mol. The molecule has 176 valence electrons. The van der Waals surface area contributed by atoms with E-state index in [2.05, 4.69) is 27.0 Å². The van der Waals surface area contributed by atoms with Crippen LogP contribution >= 0.6 is 0 Å². The smallest absolute Gasteiger partial charge is 0.229 e. The van der Waals surface area contributed by atoms with Crippen molar-refractivity contribution < 1.29 is 14.0 Å². The van der Waals surface area contributed by atoms with Crippen LogP contribution in [0, 0.1) is 11.7 Å². The molecule has 7 nitrogen and oxygen atoms in total. The number of fused-ring (bicyclic) bond motifs is 1. The van der Waals surface area contributed by atoms with E-state index < -0.39 is 11.7 Å². The number of anilines is 2. The average Bonchev–Trinajstić information content (AvgIpc) is 3.36. The van der Waals surface area contributed by atoms with Gasteiger partial charge < -0.3 is 14.8 Å². The van der Waals surface area contributed by atoms with E-state index in [4.69, 9.17) is 0 Å². The highest BCUT2D eigenvalue weighted by atomic mass is 19.1. The Labute approximate surface area is 198 Å². The number of amides is 2. The number of benzene rings is 2. The lowest BCUT2D eigenvalue weighted by Gasteiger charge is -2.17. The zero-order chi connectivity index (χ0) is 23.7. The predicted molar refractivity (Wildman–Crippen MR) is 128 cm³/mol. The van der Waals surface area contributed by atoms with Crippen LogP contribution < -0.4 is 10.2 Å². The Morgan fingerprint density at radius 3 is 2.74 bits per heavy atom. The van der Waals surface area contributed by atoms with E-state index in [1.807, 2.05) is 24.3 Å². The van der Waals surface area contributed by atoms with Crippen LogP contribution in [0.5, 0.6) is 0 Å². The number of aromatic nitrogens is 3. The van der Waals surface area contributed by atoms with Gasteiger partial charge in [-0.1, -0.05) is 25.5 Å². The molecule has 0 saturated carbocycles. The summed E-state index contributed by atoms with van der Waals surface area (Å²) in [7, 11) is 0. The highest BCUT2D eigenvalue weighted by Crippen LogP contribution is 2.29. The lowest BCUT2D eigenvalue weighted by Crippen LogP contribution is -2.28. The van der Waals surface area contributed by atoms with Crippen molar-refractivity contribution in [3.63, 3.8) is 0 Å². The van der Waals surface area contributed by atoms with Gasteiger partial charge in [-0.3, -0.25) is 9.59 Å². The summed E-state index contributed by atoms with van der Waals surface area (Å²) < 4.78 is 16.7. The zero-order valence-corrected chi connectivity index (χ0v) is 19.3. The Morgan fingerprint density at radius 2 is 1.94 bits per heavy atom. The average molecular weight is 462 g/mol. The number of hydrogen-bond donors (Lipinski definition) is 1. The number of carbonyl (C=O) groups is 2. The van der Waals surface area contributed by atoms with Gasteiger partial charge in [-0.2, -0.15) is 0 Å². The van der Waals surface area contributed by atoms with E-state index in [0.717, 1.165) is 50.2 Å². The van der Waals surface area contributed by atoms with E-state index in [-0.39, 0.29) is 30.5 Å². The molecule has 0 bridgehead atoms. The second-order valence-corrected chi connectivity index (χ2v) is 9.01. The minimum Gasteiger partial charge on any atom is -0.323 e. The molecule has 2 amide bonds. The summed E-state index contributed by atoms with van der Waals surface area (Å²) in [5.74, 6) is 0.0841. The predicted octanol–water partition coefficient (Wildman–Crippen LogP) is 4.36. The van der Waals surface area contributed by atoms with E-state index in [1.165, 1.54) is 11.6 Å². The molecule has 1 N–H and O–H groups in total. The first-order chi connectivity index (χ1) is 16.5. The Morgan fingerprint density at radius 1 is 1.12 bits per heavy atom. The summed E-state index contributed by atoms with van der Waals surface area (Å²) in [6, 6.07) is 12.4. The van der Waals surface area contributed by atoms with Crippen LogP contribution in [0.4, 0.5) is 15.8 Å². The summed E-state index contributed by atoms with van der Waals surface area (Å²) in [6.45, 7) is 3.18. The molecule has 1 atom stereocenters. The van der Waals surface area contributed by atoms with Gasteiger partial charge in [0.1, 0.15) is 11.6 Å². The van der Waals surface area contributed by atoms with E-state index in [0.29, 0.717) is 11.4 Å². The third-order valence-electron chi connectivity index (χ3n) is 6.74. The number of nitrogens with zero attached hydrogens (tertiary/aromatic N) is 4. The van der Waals surface area contributed by atoms with E-state index in [9.17, 15) is 14.0 Å². The first-order valence-electron chi connectivity index (χ1n) is 12.0. The minimum atomic E-state index is -0.550. The quantitative estimate of drug-likeness (QED) is 0.612. The maximum absolute atomic E-state index is 14.6. The summed E-state index contributed by atoms with van der Waals surface area (Å²) in [5, 5.41) is 11.4. The molecule has 1 fully saturated rings. The first-order valence-corrected chi connectivity index (χ1v) is 12.0. The molecule has 2 aromatic carbocycles. The third-order valence-corrected chi connectivity index (χ3v) is 6.74. The lowest BCUT2D eigenvalue weighted by molar-refractivity contribution is -0.122. The molecule has 1 unspecified atom stereocenters. The molecule has 2 aliphatic rings. The van der Waals surface area contributed by atoms with Crippen molar-refractivity contribution in [2.75, 3.05) is 16.8 Å². The van der Waals surface area contributed by atoms with E-state index >= 15 is 0 Å². The first kappa shape index (κ1) is 22.3.